The first-order chi connectivity index (χ1) is 10.6. The average molecular weight is 313 g/mol. The predicted octanol–water partition coefficient (Wildman–Crippen LogP) is 5.47. The van der Waals surface area contributed by atoms with Crippen LogP contribution in [0.3, 0.4) is 0 Å². The van der Waals surface area contributed by atoms with Crippen molar-refractivity contribution in [1.82, 2.24) is 10.2 Å². The fourth-order valence-electron chi connectivity index (χ4n) is 2.82. The summed E-state index contributed by atoms with van der Waals surface area (Å²) in [6.45, 7) is 8.14. The minimum absolute atomic E-state index is 0.892. The molecular weight excluding hydrogens is 268 g/mol. The Labute approximate surface area is 141 Å². The average Bonchev–Trinajstić information content (AvgIpc) is 2.46. The first kappa shape index (κ1) is 21.9. The Kier molecular flexibility index (Phi) is 17.2. The van der Waals surface area contributed by atoms with Gasteiger partial charge in [0.2, 0.25) is 0 Å². The number of hydrogen-bond acceptors (Lipinski definition) is 2. The maximum Gasteiger partial charge on any atom is 0.0101 e. The summed E-state index contributed by atoms with van der Waals surface area (Å²) in [7, 11) is 4.26. The molecule has 2 heteroatoms. The summed E-state index contributed by atoms with van der Waals surface area (Å²) in [6, 6.07) is 0. The molecule has 0 saturated carbocycles. The number of unbranched alkanes of at least 4 members (excludes halogenated alkanes) is 10. The van der Waals surface area contributed by atoms with E-state index in [1.165, 1.54) is 83.6 Å². The lowest BCUT2D eigenvalue weighted by Gasteiger charge is -2.10. The van der Waals surface area contributed by atoms with E-state index >= 15 is 0 Å². The second-order valence-corrected chi connectivity index (χ2v) is 7.62. The highest BCUT2D eigenvalue weighted by atomic mass is 15.1. The first-order valence-corrected chi connectivity index (χ1v) is 9.98. The Bertz CT molecular complexity index is 180. The maximum absolute atomic E-state index is 3.52. The fourth-order valence-corrected chi connectivity index (χ4v) is 2.82. The molecule has 134 valence electrons. The van der Waals surface area contributed by atoms with Gasteiger partial charge in [0.25, 0.3) is 0 Å². The monoisotopic (exact) mass is 312 g/mol. The Morgan fingerprint density at radius 2 is 1.09 bits per heavy atom. The highest BCUT2D eigenvalue weighted by Gasteiger charge is 1.96. The number of likely N-dealkylation sites (N-methyl/N-ethyl adjacent to an activating group) is 1. The second-order valence-electron chi connectivity index (χ2n) is 7.62. The molecule has 2 nitrogen and oxygen atoms in total. The smallest absolute Gasteiger partial charge is 0.0101 e. The molecule has 0 unspecified atom stereocenters. The predicted molar refractivity (Wildman–Crippen MR) is 102 cm³/mol. The van der Waals surface area contributed by atoms with Gasteiger partial charge >= 0.3 is 0 Å². The van der Waals surface area contributed by atoms with Crippen molar-refractivity contribution in [3.8, 4) is 0 Å². The molecule has 0 spiro atoms. The highest BCUT2D eigenvalue weighted by Crippen LogP contribution is 2.13. The third-order valence-electron chi connectivity index (χ3n) is 4.37. The van der Waals surface area contributed by atoms with Crippen LogP contribution in [0.1, 0.15) is 90.9 Å². The summed E-state index contributed by atoms with van der Waals surface area (Å²) < 4.78 is 0. The van der Waals surface area contributed by atoms with E-state index in [9.17, 15) is 0 Å². The highest BCUT2D eigenvalue weighted by molar-refractivity contribution is 4.53. The van der Waals surface area contributed by atoms with E-state index < -0.39 is 0 Å². The minimum atomic E-state index is 0.892. The van der Waals surface area contributed by atoms with Crippen LogP contribution in [0.2, 0.25) is 0 Å². The summed E-state index contributed by atoms with van der Waals surface area (Å²) in [5.74, 6) is 0.892. The largest absolute Gasteiger partial charge is 0.315 e. The van der Waals surface area contributed by atoms with Gasteiger partial charge < -0.3 is 10.2 Å². The lowest BCUT2D eigenvalue weighted by molar-refractivity contribution is 0.398. The van der Waals surface area contributed by atoms with Crippen molar-refractivity contribution in [1.29, 1.82) is 0 Å². The second kappa shape index (κ2) is 17.3. The Morgan fingerprint density at radius 3 is 1.55 bits per heavy atom. The van der Waals surface area contributed by atoms with Crippen molar-refractivity contribution < 1.29 is 0 Å². The van der Waals surface area contributed by atoms with Crippen LogP contribution in [0.4, 0.5) is 0 Å². The van der Waals surface area contributed by atoms with Gasteiger partial charge in [-0.25, -0.2) is 0 Å². The zero-order valence-electron chi connectivity index (χ0n) is 16.1. The van der Waals surface area contributed by atoms with Gasteiger partial charge in [0, 0.05) is 13.1 Å². The molecule has 0 aliphatic heterocycles. The molecule has 0 heterocycles. The van der Waals surface area contributed by atoms with Crippen LogP contribution in [0.15, 0.2) is 0 Å². The summed E-state index contributed by atoms with van der Waals surface area (Å²) in [4.78, 5) is 2.23. The number of rotatable bonds is 17. The normalized spacial score (nSPS) is 11.7. The van der Waals surface area contributed by atoms with Crippen molar-refractivity contribution in [2.45, 2.75) is 90.9 Å². The Balaban J connectivity index is 2.97. The molecule has 0 aromatic carbocycles. The van der Waals surface area contributed by atoms with Gasteiger partial charge in [0.15, 0.2) is 0 Å². The van der Waals surface area contributed by atoms with Crippen molar-refractivity contribution in [3.63, 3.8) is 0 Å². The van der Waals surface area contributed by atoms with Crippen LogP contribution in [0.5, 0.6) is 0 Å². The summed E-state index contributed by atoms with van der Waals surface area (Å²) in [5, 5.41) is 3.52. The molecule has 0 aromatic rings. The lowest BCUT2D eigenvalue weighted by Crippen LogP contribution is -2.27. The molecule has 1 N–H and O–H groups in total. The van der Waals surface area contributed by atoms with Crippen molar-refractivity contribution >= 4 is 0 Å². The molecule has 22 heavy (non-hydrogen) atoms. The van der Waals surface area contributed by atoms with Gasteiger partial charge in [-0.05, 0) is 33.0 Å². The van der Waals surface area contributed by atoms with Gasteiger partial charge in [0.05, 0.1) is 0 Å². The molecule has 0 amide bonds. The van der Waals surface area contributed by atoms with Crippen LogP contribution in [-0.4, -0.2) is 38.6 Å². The quantitative estimate of drug-likeness (QED) is 0.358. The summed E-state index contributed by atoms with van der Waals surface area (Å²) in [5.41, 5.74) is 0. The van der Waals surface area contributed by atoms with E-state index in [4.69, 9.17) is 0 Å². The maximum atomic E-state index is 3.52. The molecule has 0 saturated heterocycles. The molecule has 0 aromatic heterocycles. The molecule has 0 fully saturated rings. The summed E-state index contributed by atoms with van der Waals surface area (Å²) >= 11 is 0. The van der Waals surface area contributed by atoms with E-state index in [0.717, 1.165) is 19.0 Å². The lowest BCUT2D eigenvalue weighted by atomic mass is 10.0. The van der Waals surface area contributed by atoms with Crippen LogP contribution in [-0.2, 0) is 0 Å². The Hall–Kier alpha value is -0.0800. The third kappa shape index (κ3) is 19.9. The van der Waals surface area contributed by atoms with Gasteiger partial charge in [-0.2, -0.15) is 0 Å². The van der Waals surface area contributed by atoms with Crippen molar-refractivity contribution in [2.75, 3.05) is 33.7 Å². The molecule has 0 radical (unpaired) electrons. The van der Waals surface area contributed by atoms with Gasteiger partial charge in [-0.15, -0.1) is 0 Å². The molecule has 0 rings (SSSR count). The Morgan fingerprint density at radius 1 is 0.636 bits per heavy atom. The standard InChI is InChI=1S/C20H44N2/c1-20(2)16-14-12-10-8-6-5-7-9-11-13-15-17-21-18-19-22(3)4/h20-21H,5-19H2,1-4H3. The minimum Gasteiger partial charge on any atom is -0.315 e. The molecule has 0 atom stereocenters. The number of hydrogen-bond donors (Lipinski definition) is 1. The van der Waals surface area contributed by atoms with E-state index in [2.05, 4.69) is 38.2 Å². The summed E-state index contributed by atoms with van der Waals surface area (Å²) in [6.07, 6.45) is 17.3. The zero-order valence-corrected chi connectivity index (χ0v) is 16.1. The molecule has 0 aliphatic rings. The number of nitrogens with one attached hydrogen (secondary N) is 1. The molecule has 0 bridgehead atoms. The SMILES string of the molecule is CC(C)CCCCCCCCCCCCCNCCN(C)C. The molecule has 0 aliphatic carbocycles. The van der Waals surface area contributed by atoms with Crippen LogP contribution in [0.25, 0.3) is 0 Å². The fraction of sp³-hybridized carbons (Fsp3) is 1.00. The topological polar surface area (TPSA) is 15.3 Å². The van der Waals surface area contributed by atoms with Gasteiger partial charge in [0.1, 0.15) is 0 Å². The van der Waals surface area contributed by atoms with E-state index in [0.29, 0.717) is 0 Å². The van der Waals surface area contributed by atoms with E-state index in [1.54, 1.807) is 0 Å². The van der Waals surface area contributed by atoms with Gasteiger partial charge in [-0.1, -0.05) is 84.5 Å². The van der Waals surface area contributed by atoms with Gasteiger partial charge in [-0.3, -0.25) is 0 Å². The van der Waals surface area contributed by atoms with Crippen LogP contribution in [0, 0.1) is 5.92 Å². The zero-order chi connectivity index (χ0) is 16.5. The van der Waals surface area contributed by atoms with E-state index in [1.807, 2.05) is 0 Å². The number of nitrogens with zero attached hydrogens (tertiary/aromatic N) is 1. The third-order valence-corrected chi connectivity index (χ3v) is 4.37. The van der Waals surface area contributed by atoms with Crippen molar-refractivity contribution in [3.05, 3.63) is 0 Å². The van der Waals surface area contributed by atoms with E-state index in [-0.39, 0.29) is 0 Å². The van der Waals surface area contributed by atoms with Crippen molar-refractivity contribution in [2.24, 2.45) is 5.92 Å². The first-order valence-electron chi connectivity index (χ1n) is 9.98. The molecular formula is C20H44N2. The van der Waals surface area contributed by atoms with Crippen LogP contribution < -0.4 is 5.32 Å². The van der Waals surface area contributed by atoms with Crippen LogP contribution >= 0.6 is 0 Å².